The molecular weight excluding hydrogens is 653 g/mol. The van der Waals surface area contributed by atoms with Gasteiger partial charge in [-0.15, -0.1) is 0 Å². The minimum atomic E-state index is 0.00471. The van der Waals surface area contributed by atoms with Gasteiger partial charge in [0.15, 0.2) is 0 Å². The summed E-state index contributed by atoms with van der Waals surface area (Å²) in [5.74, 6) is 0. The predicted octanol–water partition coefficient (Wildman–Crippen LogP) is 11.5. The molecule has 3 nitrogen and oxygen atoms in total. The number of rotatable bonds is 5. The Balaban J connectivity index is 1.30. The highest BCUT2D eigenvalue weighted by Crippen LogP contribution is 2.48. The van der Waals surface area contributed by atoms with Gasteiger partial charge in [0.1, 0.15) is 0 Å². The summed E-state index contributed by atoms with van der Waals surface area (Å²) in [5.41, 5.74) is 14.3. The molecule has 0 saturated heterocycles. The van der Waals surface area contributed by atoms with Crippen LogP contribution in [0.5, 0.6) is 0 Å². The van der Waals surface area contributed by atoms with Crippen molar-refractivity contribution in [2.45, 2.75) is 0 Å². The Morgan fingerprint density at radius 2 is 0.667 bits per heavy atom. The Hall–Kier alpha value is -7.04. The zero-order chi connectivity index (χ0) is 35.6. The molecule has 0 radical (unpaired) electrons. The molecule has 0 aliphatic carbocycles. The van der Waals surface area contributed by atoms with E-state index < -0.39 is 0 Å². The highest BCUT2D eigenvalue weighted by atomic mass is 15.2. The summed E-state index contributed by atoms with van der Waals surface area (Å²) in [7, 11) is 0. The maximum Gasteiger partial charge on any atom is 0.252 e. The highest BCUT2D eigenvalue weighted by molar-refractivity contribution is 7.00. The summed E-state index contributed by atoms with van der Waals surface area (Å²) in [4.78, 5) is 7.40. The first kappa shape index (κ1) is 30.6. The van der Waals surface area contributed by atoms with E-state index in [0.29, 0.717) is 0 Å². The predicted molar refractivity (Wildman–Crippen MR) is 230 cm³/mol. The lowest BCUT2D eigenvalue weighted by Crippen LogP contribution is -2.61. The van der Waals surface area contributed by atoms with E-state index in [1.54, 1.807) is 0 Å². The van der Waals surface area contributed by atoms with E-state index in [0.717, 1.165) is 28.4 Å². The molecule has 9 aromatic carbocycles. The molecular formula is C50H34BN3. The molecule has 0 unspecified atom stereocenters. The molecule has 0 N–H and O–H groups in total. The number of fused-ring (bicyclic) bond motifs is 6. The second kappa shape index (κ2) is 12.3. The maximum atomic E-state index is 2.50. The third-order valence-corrected chi connectivity index (χ3v) is 11.1. The van der Waals surface area contributed by atoms with E-state index >= 15 is 0 Å². The summed E-state index contributed by atoms with van der Waals surface area (Å²) < 4.78 is 0. The average molecular weight is 688 g/mol. The van der Waals surface area contributed by atoms with Crippen molar-refractivity contribution in [3.8, 4) is 0 Å². The van der Waals surface area contributed by atoms with Crippen molar-refractivity contribution in [3.63, 3.8) is 0 Å². The molecule has 0 atom stereocenters. The molecule has 2 heterocycles. The number of hydrogen-bond acceptors (Lipinski definition) is 3. The van der Waals surface area contributed by atoms with Crippen molar-refractivity contribution < 1.29 is 0 Å². The van der Waals surface area contributed by atoms with Gasteiger partial charge in [0.25, 0.3) is 6.71 Å². The first-order valence-electron chi connectivity index (χ1n) is 18.6. The van der Waals surface area contributed by atoms with Gasteiger partial charge >= 0.3 is 0 Å². The number of anilines is 9. The van der Waals surface area contributed by atoms with Gasteiger partial charge in [-0.05, 0) is 111 Å². The lowest BCUT2D eigenvalue weighted by Gasteiger charge is -2.45. The Bertz CT molecular complexity index is 2650. The van der Waals surface area contributed by atoms with Crippen LogP contribution >= 0.6 is 0 Å². The Labute approximate surface area is 315 Å². The van der Waals surface area contributed by atoms with Gasteiger partial charge in [-0.2, -0.15) is 0 Å². The monoisotopic (exact) mass is 687 g/mol. The lowest BCUT2D eigenvalue weighted by atomic mass is 9.33. The van der Waals surface area contributed by atoms with Crippen LogP contribution in [-0.2, 0) is 0 Å². The summed E-state index contributed by atoms with van der Waals surface area (Å²) in [6, 6.07) is 75.4. The van der Waals surface area contributed by atoms with Crippen LogP contribution in [0.1, 0.15) is 0 Å². The summed E-state index contributed by atoms with van der Waals surface area (Å²) in [6.45, 7) is 0.00471. The minimum Gasteiger partial charge on any atom is -0.311 e. The van der Waals surface area contributed by atoms with Crippen LogP contribution < -0.4 is 31.1 Å². The minimum absolute atomic E-state index is 0.00471. The first-order chi connectivity index (χ1) is 26.8. The van der Waals surface area contributed by atoms with E-state index in [4.69, 9.17) is 0 Å². The van der Waals surface area contributed by atoms with Gasteiger partial charge in [0.05, 0.1) is 5.69 Å². The molecule has 252 valence electrons. The quantitative estimate of drug-likeness (QED) is 0.167. The van der Waals surface area contributed by atoms with Crippen LogP contribution in [0.3, 0.4) is 0 Å². The van der Waals surface area contributed by atoms with E-state index in [1.807, 2.05) is 0 Å². The fraction of sp³-hybridized carbons (Fsp3) is 0. The standard InChI is InChI=1S/C50H34BN3/c1-5-21-39(22-6-1)52(40-23-7-2-8-24-40)43-33-48-50-49(34-43)54(42-27-11-4-12-28-42)47-32-38-20-16-14-18-36(38)30-45(47)51(50)44-29-35-17-13-15-19-37(35)31-46(44)53(48)41-25-9-3-10-26-41/h1-34H. The van der Waals surface area contributed by atoms with Crippen LogP contribution in [-0.4, -0.2) is 6.71 Å². The third kappa shape index (κ3) is 4.77. The summed E-state index contributed by atoms with van der Waals surface area (Å²) in [5, 5.41) is 4.96. The smallest absolute Gasteiger partial charge is 0.252 e. The zero-order valence-electron chi connectivity index (χ0n) is 29.5. The largest absolute Gasteiger partial charge is 0.311 e. The fourth-order valence-corrected chi connectivity index (χ4v) is 8.79. The molecule has 0 fully saturated rings. The summed E-state index contributed by atoms with van der Waals surface area (Å²) >= 11 is 0. The number of para-hydroxylation sites is 4. The molecule has 0 spiro atoms. The Morgan fingerprint density at radius 1 is 0.315 bits per heavy atom. The van der Waals surface area contributed by atoms with Crippen LogP contribution in [0, 0.1) is 0 Å². The normalized spacial score (nSPS) is 12.7. The molecule has 11 rings (SSSR count). The number of hydrogen-bond donors (Lipinski definition) is 0. The van der Waals surface area contributed by atoms with Gasteiger partial charge < -0.3 is 14.7 Å². The second-order valence-corrected chi connectivity index (χ2v) is 14.2. The van der Waals surface area contributed by atoms with Crippen molar-refractivity contribution in [1.29, 1.82) is 0 Å². The topological polar surface area (TPSA) is 9.72 Å². The van der Waals surface area contributed by atoms with E-state index in [2.05, 4.69) is 221 Å². The van der Waals surface area contributed by atoms with Gasteiger partial charge in [-0.25, -0.2) is 0 Å². The molecule has 0 saturated carbocycles. The number of benzene rings is 9. The summed E-state index contributed by atoms with van der Waals surface area (Å²) in [6.07, 6.45) is 0. The molecule has 9 aromatic rings. The van der Waals surface area contributed by atoms with Gasteiger partial charge in [0.2, 0.25) is 0 Å². The van der Waals surface area contributed by atoms with Gasteiger partial charge in [-0.3, -0.25) is 0 Å². The second-order valence-electron chi connectivity index (χ2n) is 14.2. The zero-order valence-corrected chi connectivity index (χ0v) is 29.5. The van der Waals surface area contributed by atoms with Crippen molar-refractivity contribution in [3.05, 3.63) is 206 Å². The lowest BCUT2D eigenvalue weighted by molar-refractivity contribution is 1.23. The number of nitrogens with zero attached hydrogens (tertiary/aromatic N) is 3. The van der Waals surface area contributed by atoms with E-state index in [-0.39, 0.29) is 6.71 Å². The Kier molecular flexibility index (Phi) is 6.96. The van der Waals surface area contributed by atoms with Crippen molar-refractivity contribution in [1.82, 2.24) is 0 Å². The van der Waals surface area contributed by atoms with E-state index in [1.165, 1.54) is 60.7 Å². The van der Waals surface area contributed by atoms with Crippen LogP contribution in [0.2, 0.25) is 0 Å². The molecule has 2 aliphatic rings. The molecule has 54 heavy (non-hydrogen) atoms. The van der Waals surface area contributed by atoms with Crippen molar-refractivity contribution in [2.75, 3.05) is 14.7 Å². The molecule has 4 heteroatoms. The van der Waals surface area contributed by atoms with Crippen LogP contribution in [0.4, 0.5) is 51.2 Å². The van der Waals surface area contributed by atoms with Crippen molar-refractivity contribution >= 4 is 95.8 Å². The van der Waals surface area contributed by atoms with E-state index in [9.17, 15) is 0 Å². The third-order valence-electron chi connectivity index (χ3n) is 11.1. The van der Waals surface area contributed by atoms with Crippen molar-refractivity contribution in [2.24, 2.45) is 0 Å². The fourth-order valence-electron chi connectivity index (χ4n) is 8.79. The van der Waals surface area contributed by atoms with Gasteiger partial charge in [-0.1, -0.05) is 133 Å². The van der Waals surface area contributed by atoms with Crippen LogP contribution in [0.25, 0.3) is 21.5 Å². The molecule has 0 bridgehead atoms. The molecule has 0 aromatic heterocycles. The highest BCUT2D eigenvalue weighted by Gasteiger charge is 2.44. The average Bonchev–Trinajstić information content (AvgIpc) is 3.24. The molecule has 0 amide bonds. The molecule has 2 aliphatic heterocycles. The van der Waals surface area contributed by atoms with Crippen LogP contribution in [0.15, 0.2) is 206 Å². The first-order valence-corrected chi connectivity index (χ1v) is 18.6. The maximum absolute atomic E-state index is 2.50. The van der Waals surface area contributed by atoms with Gasteiger partial charge in [0, 0.05) is 45.5 Å². The SMILES string of the molecule is c1ccc(N(c2ccccc2)c2cc3c4c(c2)N(c2ccccc2)c2cc5ccccc5cc2B4c2cc4ccccc4cc2N3c2ccccc2)cc1. The Morgan fingerprint density at radius 3 is 1.07 bits per heavy atom.